The van der Waals surface area contributed by atoms with E-state index in [1.165, 1.54) is 59.6 Å². The summed E-state index contributed by atoms with van der Waals surface area (Å²) in [5.74, 6) is 0. The number of fused-ring (bicyclic) bond motifs is 8. The summed E-state index contributed by atoms with van der Waals surface area (Å²) in [5.41, 5.74) is 8.98. The molecule has 8 aromatic carbocycles. The number of hydrogen-bond acceptors (Lipinski definition) is 3. The Kier molecular flexibility index (Phi) is 7.13. The Hall–Kier alpha value is -6.82. The van der Waals surface area contributed by atoms with Crippen molar-refractivity contribution in [2.45, 2.75) is 0 Å². The van der Waals surface area contributed by atoms with Crippen LogP contribution in [0.5, 0.6) is 0 Å². The van der Waals surface area contributed by atoms with Gasteiger partial charge in [-0.05, 0) is 81.4 Å². The van der Waals surface area contributed by atoms with Gasteiger partial charge in [0.1, 0.15) is 11.2 Å². The zero-order chi connectivity index (χ0) is 36.5. The third kappa shape index (κ3) is 4.70. The van der Waals surface area contributed by atoms with Gasteiger partial charge in [-0.1, -0.05) is 133 Å². The van der Waals surface area contributed by atoms with Crippen LogP contribution < -0.4 is 30.5 Å². The van der Waals surface area contributed by atoms with Crippen molar-refractivity contribution in [3.05, 3.63) is 194 Å². The molecule has 5 heteroatoms. The molecule has 55 heavy (non-hydrogen) atoms. The number of rotatable bonds is 6. The van der Waals surface area contributed by atoms with Gasteiger partial charge >= 0.3 is 0 Å². The minimum Gasteiger partial charge on any atom is -0.456 e. The van der Waals surface area contributed by atoms with Crippen LogP contribution in [0, 0.1) is 0 Å². The molecule has 0 N–H and O–H groups in total. The van der Waals surface area contributed by atoms with Crippen molar-refractivity contribution in [2.75, 3.05) is 23.5 Å². The second kappa shape index (κ2) is 12.4. The second-order valence-corrected chi connectivity index (χ2v) is 18.4. The fourth-order valence-corrected chi connectivity index (χ4v) is 14.1. The van der Waals surface area contributed by atoms with Gasteiger partial charge in [0.25, 0.3) is 0 Å². The molecule has 4 nitrogen and oxygen atoms in total. The van der Waals surface area contributed by atoms with E-state index in [9.17, 15) is 0 Å². The molecule has 10 aromatic rings. The molecule has 0 amide bonds. The number of aromatic nitrogens is 1. The maximum absolute atomic E-state index is 6.47. The van der Waals surface area contributed by atoms with Gasteiger partial charge in [0, 0.05) is 34.6 Å². The first-order valence-electron chi connectivity index (χ1n) is 18.9. The van der Waals surface area contributed by atoms with E-state index in [2.05, 4.69) is 209 Å². The second-order valence-electron chi connectivity index (χ2n) is 14.6. The van der Waals surface area contributed by atoms with Gasteiger partial charge in [-0.15, -0.1) is 0 Å². The Bertz CT molecular complexity index is 3000. The minimum atomic E-state index is -2.94. The molecule has 0 radical (unpaired) electrons. The fraction of sp³-hybridized carbons (Fsp3) is 0.0400. The van der Waals surface area contributed by atoms with Gasteiger partial charge in [-0.2, -0.15) is 0 Å². The summed E-state index contributed by atoms with van der Waals surface area (Å²) in [6.07, 6.45) is 0. The number of nitrogens with zero attached hydrogens (tertiary/aromatic N) is 3. The van der Waals surface area contributed by atoms with Gasteiger partial charge in [0.2, 0.25) is 0 Å². The van der Waals surface area contributed by atoms with Gasteiger partial charge in [-0.3, -0.25) is 0 Å². The van der Waals surface area contributed by atoms with Crippen molar-refractivity contribution in [2.24, 2.45) is 0 Å². The Morgan fingerprint density at radius 3 is 1.82 bits per heavy atom. The summed E-state index contributed by atoms with van der Waals surface area (Å²) in [4.78, 5) is 4.78. The SMILES string of the molecule is CN1CN(c2cccc([Si](c3ccccc3)(c3ccccc3)c3ccc4c5ccc6oc7ccccc7c6c5n(-c5ccccc5)c4c3)c2)c2ccccc21. The van der Waals surface area contributed by atoms with Crippen LogP contribution in [0.4, 0.5) is 17.1 Å². The summed E-state index contributed by atoms with van der Waals surface area (Å²) >= 11 is 0. The Balaban J connectivity index is 1.24. The quantitative estimate of drug-likeness (QED) is 0.126. The van der Waals surface area contributed by atoms with Crippen molar-refractivity contribution >= 4 is 89.6 Å². The van der Waals surface area contributed by atoms with Crippen LogP contribution in [-0.4, -0.2) is 26.4 Å². The number of para-hydroxylation sites is 4. The van der Waals surface area contributed by atoms with Crippen LogP contribution in [0.2, 0.25) is 0 Å². The van der Waals surface area contributed by atoms with Gasteiger partial charge in [0.05, 0.1) is 34.5 Å². The lowest BCUT2D eigenvalue weighted by molar-refractivity contribution is 0.669. The number of furan rings is 1. The van der Waals surface area contributed by atoms with E-state index >= 15 is 0 Å². The largest absolute Gasteiger partial charge is 0.456 e. The molecular weight excluding hydrogens is 687 g/mol. The Morgan fingerprint density at radius 2 is 1.05 bits per heavy atom. The van der Waals surface area contributed by atoms with Crippen molar-refractivity contribution in [1.29, 1.82) is 0 Å². The summed E-state index contributed by atoms with van der Waals surface area (Å²) < 4.78 is 8.94. The molecular formula is C50H37N3OSi. The molecule has 1 aliphatic heterocycles. The van der Waals surface area contributed by atoms with Crippen molar-refractivity contribution in [1.82, 2.24) is 4.57 Å². The highest BCUT2D eigenvalue weighted by Gasteiger charge is 2.42. The minimum absolute atomic E-state index is 0.800. The lowest BCUT2D eigenvalue weighted by Crippen LogP contribution is -2.74. The Labute approximate surface area is 320 Å². The number of anilines is 3. The van der Waals surface area contributed by atoms with E-state index in [4.69, 9.17) is 4.42 Å². The number of hydrogen-bond donors (Lipinski definition) is 0. The van der Waals surface area contributed by atoms with Crippen LogP contribution in [0.3, 0.4) is 0 Å². The van der Waals surface area contributed by atoms with Crippen LogP contribution >= 0.6 is 0 Å². The highest BCUT2D eigenvalue weighted by atomic mass is 28.3. The van der Waals surface area contributed by atoms with Gasteiger partial charge < -0.3 is 18.8 Å². The van der Waals surface area contributed by atoms with Crippen molar-refractivity contribution in [3.8, 4) is 5.69 Å². The molecule has 0 spiro atoms. The predicted octanol–water partition coefficient (Wildman–Crippen LogP) is 9.61. The van der Waals surface area contributed by atoms with Crippen LogP contribution in [-0.2, 0) is 0 Å². The molecule has 1 aliphatic rings. The van der Waals surface area contributed by atoms with Gasteiger partial charge in [0.15, 0.2) is 8.07 Å². The van der Waals surface area contributed by atoms with Crippen LogP contribution in [0.25, 0.3) is 49.4 Å². The van der Waals surface area contributed by atoms with Crippen molar-refractivity contribution < 1.29 is 4.42 Å². The average Bonchev–Trinajstić information content (AvgIpc) is 3.91. The molecule has 0 atom stereocenters. The normalized spacial score (nSPS) is 13.0. The zero-order valence-corrected chi connectivity index (χ0v) is 31.4. The third-order valence-electron chi connectivity index (χ3n) is 11.7. The monoisotopic (exact) mass is 723 g/mol. The van der Waals surface area contributed by atoms with Crippen LogP contribution in [0.1, 0.15) is 0 Å². The van der Waals surface area contributed by atoms with E-state index in [0.717, 1.165) is 34.3 Å². The highest BCUT2D eigenvalue weighted by Crippen LogP contribution is 2.41. The summed E-state index contributed by atoms with van der Waals surface area (Å²) in [5, 5.41) is 10.1. The highest BCUT2D eigenvalue weighted by molar-refractivity contribution is 7.20. The van der Waals surface area contributed by atoms with E-state index in [-0.39, 0.29) is 0 Å². The predicted molar refractivity (Wildman–Crippen MR) is 234 cm³/mol. The first-order valence-corrected chi connectivity index (χ1v) is 20.9. The molecule has 0 unspecified atom stereocenters. The Morgan fingerprint density at radius 1 is 0.455 bits per heavy atom. The lowest BCUT2D eigenvalue weighted by atomic mass is 10.1. The maximum atomic E-state index is 6.47. The maximum Gasteiger partial charge on any atom is 0.179 e. The molecule has 3 heterocycles. The first-order chi connectivity index (χ1) is 27.2. The van der Waals surface area contributed by atoms with Crippen LogP contribution in [0.15, 0.2) is 199 Å². The standard InChI is InChI=1S/C50H37N3OSi/c1-51-34-52(45-26-13-12-25-44(45)51)36-18-15-23-39(32-36)55(37-19-7-3-8-20-37,38-21-9-4-10-22-38)40-28-29-41-42-30-31-48-49(43-24-11-14-27-47(43)54-48)50(42)53(46(41)33-40)35-16-5-2-6-17-35/h2-33H,34H2,1H3. The summed E-state index contributed by atoms with van der Waals surface area (Å²) in [6.45, 7) is 0.800. The van der Waals surface area contributed by atoms with E-state index < -0.39 is 8.07 Å². The molecule has 11 rings (SSSR count). The average molecular weight is 724 g/mol. The van der Waals surface area contributed by atoms with E-state index in [0.29, 0.717) is 0 Å². The zero-order valence-electron chi connectivity index (χ0n) is 30.4. The fourth-order valence-electron chi connectivity index (χ4n) is 9.28. The topological polar surface area (TPSA) is 24.6 Å². The molecule has 0 aliphatic carbocycles. The summed E-state index contributed by atoms with van der Waals surface area (Å²) in [7, 11) is -0.760. The lowest BCUT2D eigenvalue weighted by Gasteiger charge is -2.35. The summed E-state index contributed by atoms with van der Waals surface area (Å²) in [6, 6.07) is 71.5. The molecule has 2 aromatic heterocycles. The van der Waals surface area contributed by atoms with E-state index in [1.807, 2.05) is 6.07 Å². The van der Waals surface area contributed by atoms with E-state index in [1.54, 1.807) is 0 Å². The molecule has 0 saturated carbocycles. The molecule has 0 fully saturated rings. The molecule has 0 bridgehead atoms. The molecule has 0 saturated heterocycles. The molecule has 262 valence electrons. The smallest absolute Gasteiger partial charge is 0.179 e. The number of benzene rings is 8. The van der Waals surface area contributed by atoms with Gasteiger partial charge in [-0.25, -0.2) is 0 Å². The van der Waals surface area contributed by atoms with Crippen molar-refractivity contribution in [3.63, 3.8) is 0 Å². The first kappa shape index (κ1) is 31.7. The third-order valence-corrected chi connectivity index (χ3v) is 16.4.